The molecule has 1 aliphatic rings. The second-order valence-corrected chi connectivity index (χ2v) is 11.6. The number of nitrogens with one attached hydrogen (secondary N) is 2. The number of carbonyl (C=O) groups excluding carboxylic acids is 1. The Hall–Kier alpha value is -4.53. The third kappa shape index (κ3) is 6.61. The van der Waals surface area contributed by atoms with E-state index in [0.717, 1.165) is 27.9 Å². The summed E-state index contributed by atoms with van der Waals surface area (Å²) in [5, 5.41) is 12.6. The van der Waals surface area contributed by atoms with Gasteiger partial charge >= 0.3 is 0 Å². The molecule has 0 aliphatic carbocycles. The number of hydrogen-bond acceptors (Lipinski definition) is 6. The van der Waals surface area contributed by atoms with E-state index < -0.39 is 6.04 Å². The molecule has 1 atom stereocenters. The summed E-state index contributed by atoms with van der Waals surface area (Å²) in [6.07, 6.45) is 0. The molecular weight excluding hydrogens is 578 g/mol. The lowest BCUT2D eigenvalue weighted by atomic mass is 9.94. The quantitative estimate of drug-likeness (QED) is 0.165. The lowest BCUT2D eigenvalue weighted by Crippen LogP contribution is -2.31. The molecule has 7 nitrogen and oxygen atoms in total. The smallest absolute Gasteiger partial charge is 0.255 e. The van der Waals surface area contributed by atoms with Gasteiger partial charge in [0.2, 0.25) is 11.1 Å². The van der Waals surface area contributed by atoms with E-state index >= 15 is 0 Å². The van der Waals surface area contributed by atoms with E-state index in [1.807, 2.05) is 117 Å². The van der Waals surface area contributed by atoms with Crippen molar-refractivity contribution in [3.05, 3.63) is 142 Å². The molecule has 0 fully saturated rings. The number of fused-ring (bicyclic) bond motifs is 1. The topological polar surface area (TPSA) is 81.1 Å². The summed E-state index contributed by atoms with van der Waals surface area (Å²) in [6, 6.07) is 32.8. The number of aromatic nitrogens is 3. The zero-order valence-corrected chi connectivity index (χ0v) is 25.3. The van der Waals surface area contributed by atoms with E-state index in [0.29, 0.717) is 45.5 Å². The molecule has 0 saturated heterocycles. The number of amides is 1. The van der Waals surface area contributed by atoms with Crippen molar-refractivity contribution >= 4 is 40.9 Å². The Morgan fingerprint density at radius 1 is 0.977 bits per heavy atom. The molecule has 1 aromatic heterocycles. The van der Waals surface area contributed by atoms with Crippen LogP contribution in [0.2, 0.25) is 5.02 Å². The highest BCUT2D eigenvalue weighted by Gasteiger charge is 2.34. The molecule has 9 heteroatoms. The van der Waals surface area contributed by atoms with Gasteiger partial charge in [-0.3, -0.25) is 4.79 Å². The van der Waals surface area contributed by atoms with Crippen LogP contribution in [0, 0.1) is 6.92 Å². The molecule has 0 saturated carbocycles. The van der Waals surface area contributed by atoms with Crippen LogP contribution >= 0.6 is 23.4 Å². The van der Waals surface area contributed by atoms with Crippen LogP contribution in [-0.2, 0) is 17.2 Å². The summed E-state index contributed by atoms with van der Waals surface area (Å²) in [4.78, 5) is 18.7. The largest absolute Gasteiger partial charge is 0.489 e. The van der Waals surface area contributed by atoms with Gasteiger partial charge in [0.05, 0.1) is 5.57 Å². The van der Waals surface area contributed by atoms with E-state index in [2.05, 4.69) is 10.6 Å². The molecule has 1 aliphatic heterocycles. The first-order valence-electron chi connectivity index (χ1n) is 13.9. The van der Waals surface area contributed by atoms with Gasteiger partial charge in [-0.15, -0.1) is 5.10 Å². The summed E-state index contributed by atoms with van der Waals surface area (Å²) >= 11 is 7.88. The number of aryl methyl sites for hydroxylation is 1. The van der Waals surface area contributed by atoms with Crippen LogP contribution in [0.3, 0.4) is 0 Å². The molecule has 0 spiro atoms. The maximum atomic E-state index is 13.9. The number of ether oxygens (including phenoxy) is 1. The van der Waals surface area contributed by atoms with E-state index in [4.69, 9.17) is 26.4 Å². The Bertz CT molecular complexity index is 1800. The standard InChI is InChI=1S/C34H30ClN5O2S/c1-22-10-8-15-27(18-22)37-32(41)30-23(2)36-33-38-34(43-21-26-13-6-7-17-29(26)35)39-40(33)31(30)25-14-9-16-28(19-25)42-20-24-11-4-3-5-12-24/h3-19,31H,20-21H2,1-2H3,(H,37,41)(H,36,38,39). The summed E-state index contributed by atoms with van der Waals surface area (Å²) in [5.41, 5.74) is 5.96. The predicted octanol–water partition coefficient (Wildman–Crippen LogP) is 8.04. The maximum Gasteiger partial charge on any atom is 0.255 e. The van der Waals surface area contributed by atoms with Crippen molar-refractivity contribution in [3.8, 4) is 5.75 Å². The van der Waals surface area contributed by atoms with Crippen molar-refractivity contribution in [2.45, 2.75) is 37.4 Å². The van der Waals surface area contributed by atoms with Crippen LogP contribution in [-0.4, -0.2) is 20.7 Å². The number of allylic oxidation sites excluding steroid dienone is 1. The fourth-order valence-electron chi connectivity index (χ4n) is 4.99. The Balaban J connectivity index is 1.34. The molecule has 216 valence electrons. The van der Waals surface area contributed by atoms with Crippen LogP contribution in [0.1, 0.15) is 35.2 Å². The third-order valence-corrected chi connectivity index (χ3v) is 8.35. The van der Waals surface area contributed by atoms with Gasteiger partial charge in [0.1, 0.15) is 18.4 Å². The van der Waals surface area contributed by atoms with Gasteiger partial charge in [0.15, 0.2) is 0 Å². The summed E-state index contributed by atoms with van der Waals surface area (Å²) < 4.78 is 7.93. The Kier molecular flexibility index (Phi) is 8.49. The first-order chi connectivity index (χ1) is 20.9. The fraction of sp³-hybridized carbons (Fsp3) is 0.147. The van der Waals surface area contributed by atoms with Crippen LogP contribution in [0.5, 0.6) is 5.75 Å². The zero-order chi connectivity index (χ0) is 29.8. The second-order valence-electron chi connectivity index (χ2n) is 10.3. The minimum atomic E-state index is -0.538. The second kappa shape index (κ2) is 12.8. The molecule has 4 aromatic carbocycles. The monoisotopic (exact) mass is 607 g/mol. The fourth-order valence-corrected chi connectivity index (χ4v) is 6.10. The molecule has 2 N–H and O–H groups in total. The van der Waals surface area contributed by atoms with Crippen molar-refractivity contribution in [2.75, 3.05) is 10.6 Å². The maximum absolute atomic E-state index is 13.9. The molecule has 6 rings (SSSR count). The zero-order valence-electron chi connectivity index (χ0n) is 23.8. The number of halogens is 1. The van der Waals surface area contributed by atoms with Gasteiger partial charge < -0.3 is 15.4 Å². The van der Waals surface area contributed by atoms with Gasteiger partial charge in [-0.05, 0) is 66.4 Å². The van der Waals surface area contributed by atoms with Gasteiger partial charge in [-0.25, -0.2) is 4.68 Å². The van der Waals surface area contributed by atoms with Gasteiger partial charge in [0, 0.05) is 22.2 Å². The van der Waals surface area contributed by atoms with Crippen molar-refractivity contribution in [1.82, 2.24) is 14.8 Å². The molecule has 2 heterocycles. The number of thioether (sulfide) groups is 1. The highest BCUT2D eigenvalue weighted by atomic mass is 35.5. The minimum absolute atomic E-state index is 0.220. The number of nitrogens with zero attached hydrogens (tertiary/aromatic N) is 3. The number of benzene rings is 4. The highest BCUT2D eigenvalue weighted by molar-refractivity contribution is 7.98. The van der Waals surface area contributed by atoms with Crippen molar-refractivity contribution in [1.29, 1.82) is 0 Å². The summed E-state index contributed by atoms with van der Waals surface area (Å²) in [7, 11) is 0. The van der Waals surface area contributed by atoms with Crippen molar-refractivity contribution < 1.29 is 9.53 Å². The lowest BCUT2D eigenvalue weighted by Gasteiger charge is -2.29. The highest BCUT2D eigenvalue weighted by Crippen LogP contribution is 2.38. The van der Waals surface area contributed by atoms with Crippen LogP contribution in [0.25, 0.3) is 0 Å². The number of rotatable bonds is 9. The van der Waals surface area contributed by atoms with Crippen LogP contribution < -0.4 is 15.4 Å². The van der Waals surface area contributed by atoms with Crippen molar-refractivity contribution in [2.24, 2.45) is 0 Å². The molecular formula is C34H30ClN5O2S. The SMILES string of the molecule is CC1=C(C(=O)Nc2cccc(C)c2)C(c2cccc(OCc3ccccc3)c2)n2nc(SCc3ccccc3Cl)nc2N1. The Labute approximate surface area is 260 Å². The average molecular weight is 608 g/mol. The first kappa shape index (κ1) is 28.6. The molecule has 43 heavy (non-hydrogen) atoms. The lowest BCUT2D eigenvalue weighted by molar-refractivity contribution is -0.113. The Morgan fingerprint density at radius 3 is 2.58 bits per heavy atom. The van der Waals surface area contributed by atoms with E-state index in [9.17, 15) is 4.79 Å². The number of carbonyl (C=O) groups is 1. The van der Waals surface area contributed by atoms with Crippen LogP contribution in [0.15, 0.2) is 120 Å². The Morgan fingerprint density at radius 2 is 1.77 bits per heavy atom. The summed E-state index contributed by atoms with van der Waals surface area (Å²) in [5.74, 6) is 1.66. The molecule has 1 amide bonds. The summed E-state index contributed by atoms with van der Waals surface area (Å²) in [6.45, 7) is 4.32. The van der Waals surface area contributed by atoms with E-state index in [1.54, 1.807) is 4.68 Å². The average Bonchev–Trinajstić information content (AvgIpc) is 3.42. The number of hydrogen-bond donors (Lipinski definition) is 2. The van der Waals surface area contributed by atoms with E-state index in [1.165, 1.54) is 11.8 Å². The van der Waals surface area contributed by atoms with Gasteiger partial charge in [-0.2, -0.15) is 4.98 Å². The van der Waals surface area contributed by atoms with Gasteiger partial charge in [-0.1, -0.05) is 96.2 Å². The van der Waals surface area contributed by atoms with E-state index in [-0.39, 0.29) is 5.91 Å². The minimum Gasteiger partial charge on any atom is -0.489 e. The predicted molar refractivity (Wildman–Crippen MR) is 173 cm³/mol. The normalized spacial score (nSPS) is 14.2. The van der Waals surface area contributed by atoms with Gasteiger partial charge in [0.25, 0.3) is 5.91 Å². The molecule has 1 unspecified atom stereocenters. The number of anilines is 2. The third-order valence-electron chi connectivity index (χ3n) is 7.09. The van der Waals surface area contributed by atoms with Crippen LogP contribution in [0.4, 0.5) is 11.6 Å². The molecule has 0 radical (unpaired) electrons. The first-order valence-corrected chi connectivity index (χ1v) is 15.3. The van der Waals surface area contributed by atoms with Crippen molar-refractivity contribution in [3.63, 3.8) is 0 Å². The molecule has 0 bridgehead atoms. The molecule has 5 aromatic rings.